The van der Waals surface area contributed by atoms with Gasteiger partial charge in [0.25, 0.3) is 0 Å². The van der Waals surface area contributed by atoms with Crippen LogP contribution < -0.4 is 10.1 Å². The third-order valence-electron chi connectivity index (χ3n) is 3.94. The number of fused-ring (bicyclic) bond motifs is 2. The zero-order valence-electron chi connectivity index (χ0n) is 10.3. The monoisotopic (exact) mass is 233 g/mol. The lowest BCUT2D eigenvalue weighted by molar-refractivity contribution is 0.0169. The summed E-state index contributed by atoms with van der Waals surface area (Å²) in [5.74, 6) is 0.956. The summed E-state index contributed by atoms with van der Waals surface area (Å²) in [6, 6.07) is 6.43. The third kappa shape index (κ3) is 1.83. The van der Waals surface area contributed by atoms with Gasteiger partial charge < -0.3 is 14.8 Å². The molecule has 1 aromatic carbocycles. The van der Waals surface area contributed by atoms with Gasteiger partial charge in [0.05, 0.1) is 25.9 Å². The predicted molar refractivity (Wildman–Crippen MR) is 66.4 cm³/mol. The highest BCUT2D eigenvalue weighted by atomic mass is 16.5. The molecule has 1 heterocycles. The van der Waals surface area contributed by atoms with Crippen molar-refractivity contribution >= 4 is 0 Å². The number of nitrogens with one attached hydrogen (secondary N) is 1. The zero-order valence-corrected chi connectivity index (χ0v) is 10.3. The van der Waals surface area contributed by atoms with Crippen molar-refractivity contribution in [3.05, 3.63) is 29.3 Å². The van der Waals surface area contributed by atoms with Gasteiger partial charge in [0.2, 0.25) is 0 Å². The van der Waals surface area contributed by atoms with Crippen LogP contribution in [0.5, 0.6) is 5.75 Å². The average Bonchev–Trinajstić information content (AvgIpc) is 2.39. The second-order valence-corrected chi connectivity index (χ2v) is 4.94. The highest BCUT2D eigenvalue weighted by molar-refractivity contribution is 5.42. The van der Waals surface area contributed by atoms with Crippen LogP contribution in [0.3, 0.4) is 0 Å². The molecule has 3 nitrogen and oxygen atoms in total. The van der Waals surface area contributed by atoms with Gasteiger partial charge in [0, 0.05) is 6.54 Å². The van der Waals surface area contributed by atoms with E-state index in [4.69, 9.17) is 9.47 Å². The van der Waals surface area contributed by atoms with Gasteiger partial charge in [0.15, 0.2) is 0 Å². The molecule has 1 saturated heterocycles. The Morgan fingerprint density at radius 3 is 3.12 bits per heavy atom. The maximum absolute atomic E-state index is 5.68. The summed E-state index contributed by atoms with van der Waals surface area (Å²) in [5, 5.41) is 3.66. The summed E-state index contributed by atoms with van der Waals surface area (Å²) in [7, 11) is 1.72. The van der Waals surface area contributed by atoms with Crippen molar-refractivity contribution in [1.29, 1.82) is 0 Å². The number of hydrogen-bond acceptors (Lipinski definition) is 3. The number of benzene rings is 1. The molecule has 1 N–H and O–H groups in total. The van der Waals surface area contributed by atoms with Crippen LogP contribution in [0.1, 0.15) is 24.0 Å². The number of aryl methyl sites for hydroxylation is 1. The minimum Gasteiger partial charge on any atom is -0.497 e. The maximum atomic E-state index is 5.68. The topological polar surface area (TPSA) is 30.5 Å². The molecular formula is C14H19NO2. The van der Waals surface area contributed by atoms with Crippen molar-refractivity contribution in [2.75, 3.05) is 26.9 Å². The summed E-state index contributed by atoms with van der Waals surface area (Å²) >= 11 is 0. The molecule has 0 unspecified atom stereocenters. The molecular weight excluding hydrogens is 214 g/mol. The summed E-state index contributed by atoms with van der Waals surface area (Å²) in [6.45, 7) is 2.57. The minimum absolute atomic E-state index is 0.0537. The van der Waals surface area contributed by atoms with Crippen molar-refractivity contribution in [3.8, 4) is 5.75 Å². The molecule has 1 aromatic rings. The third-order valence-corrected chi connectivity index (χ3v) is 3.94. The van der Waals surface area contributed by atoms with E-state index in [2.05, 4.69) is 23.5 Å². The molecule has 3 heteroatoms. The second-order valence-electron chi connectivity index (χ2n) is 4.94. The molecule has 1 aliphatic heterocycles. The van der Waals surface area contributed by atoms with E-state index >= 15 is 0 Å². The summed E-state index contributed by atoms with van der Waals surface area (Å²) in [6.07, 6.45) is 3.54. The van der Waals surface area contributed by atoms with Crippen LogP contribution in [0, 0.1) is 0 Å². The number of rotatable bonds is 1. The fourth-order valence-electron chi connectivity index (χ4n) is 3.08. The van der Waals surface area contributed by atoms with Crippen LogP contribution in [0.2, 0.25) is 0 Å². The lowest BCUT2D eigenvalue weighted by Crippen LogP contribution is -2.53. The number of ether oxygens (including phenoxy) is 2. The van der Waals surface area contributed by atoms with Gasteiger partial charge in [-0.2, -0.15) is 0 Å². The van der Waals surface area contributed by atoms with Crippen molar-refractivity contribution in [2.24, 2.45) is 0 Å². The molecule has 2 aliphatic rings. The highest BCUT2D eigenvalue weighted by Crippen LogP contribution is 2.38. The lowest BCUT2D eigenvalue weighted by atomic mass is 9.76. The Balaban J connectivity index is 2.01. The largest absolute Gasteiger partial charge is 0.497 e. The number of morpholine rings is 1. The SMILES string of the molecule is COc1ccc2c(c1)CCC[C@]21COCCN1. The standard InChI is InChI=1S/C14H19NO2/c1-16-12-4-5-13-11(9-12)3-2-6-14(13)10-17-8-7-15-14/h4-5,9,15H,2-3,6-8,10H2,1H3/t14-/m0/s1. The predicted octanol–water partition coefficient (Wildman–Crippen LogP) is 1.85. The molecule has 1 fully saturated rings. The highest BCUT2D eigenvalue weighted by Gasteiger charge is 2.38. The zero-order chi connectivity index (χ0) is 11.7. The lowest BCUT2D eigenvalue weighted by Gasteiger charge is -2.42. The normalized spacial score (nSPS) is 27.8. The summed E-state index contributed by atoms with van der Waals surface area (Å²) in [5.41, 5.74) is 2.87. The molecule has 0 radical (unpaired) electrons. The Bertz CT molecular complexity index is 411. The number of methoxy groups -OCH3 is 1. The van der Waals surface area contributed by atoms with Crippen LogP contribution in [0.25, 0.3) is 0 Å². The van der Waals surface area contributed by atoms with Crippen molar-refractivity contribution in [2.45, 2.75) is 24.8 Å². The van der Waals surface area contributed by atoms with Gasteiger partial charge in [0.1, 0.15) is 5.75 Å². The first kappa shape index (κ1) is 11.1. The van der Waals surface area contributed by atoms with Gasteiger partial charge in [-0.05, 0) is 42.5 Å². The maximum Gasteiger partial charge on any atom is 0.119 e. The fourth-order valence-corrected chi connectivity index (χ4v) is 3.08. The van der Waals surface area contributed by atoms with Crippen molar-refractivity contribution < 1.29 is 9.47 Å². The molecule has 1 atom stereocenters. The smallest absolute Gasteiger partial charge is 0.119 e. The Morgan fingerprint density at radius 2 is 2.35 bits per heavy atom. The van der Waals surface area contributed by atoms with E-state index in [1.807, 2.05) is 0 Å². The van der Waals surface area contributed by atoms with Crippen LogP contribution in [-0.4, -0.2) is 26.9 Å². The molecule has 0 amide bonds. The quantitative estimate of drug-likeness (QED) is 0.803. The van der Waals surface area contributed by atoms with E-state index in [9.17, 15) is 0 Å². The Labute approximate surface area is 102 Å². The molecule has 1 spiro atoms. The Kier molecular flexibility index (Phi) is 2.81. The van der Waals surface area contributed by atoms with Gasteiger partial charge in [-0.15, -0.1) is 0 Å². The molecule has 0 bridgehead atoms. The van der Waals surface area contributed by atoms with E-state index in [1.165, 1.54) is 24.0 Å². The van der Waals surface area contributed by atoms with Crippen LogP contribution >= 0.6 is 0 Å². The van der Waals surface area contributed by atoms with E-state index in [1.54, 1.807) is 7.11 Å². The molecule has 0 aromatic heterocycles. The van der Waals surface area contributed by atoms with E-state index in [0.717, 1.165) is 31.9 Å². The summed E-state index contributed by atoms with van der Waals surface area (Å²) < 4.78 is 11.0. The van der Waals surface area contributed by atoms with E-state index in [-0.39, 0.29) is 5.54 Å². The van der Waals surface area contributed by atoms with Gasteiger partial charge in [-0.25, -0.2) is 0 Å². The fraction of sp³-hybridized carbons (Fsp3) is 0.571. The van der Waals surface area contributed by atoms with Gasteiger partial charge in [-0.3, -0.25) is 0 Å². The molecule has 17 heavy (non-hydrogen) atoms. The molecule has 0 saturated carbocycles. The number of hydrogen-bond donors (Lipinski definition) is 1. The molecule has 3 rings (SSSR count). The summed E-state index contributed by atoms with van der Waals surface area (Å²) in [4.78, 5) is 0. The van der Waals surface area contributed by atoms with Crippen molar-refractivity contribution in [1.82, 2.24) is 5.32 Å². The first-order valence-electron chi connectivity index (χ1n) is 6.34. The second kappa shape index (κ2) is 4.31. The van der Waals surface area contributed by atoms with Crippen LogP contribution in [0.4, 0.5) is 0 Å². The first-order valence-corrected chi connectivity index (χ1v) is 6.34. The van der Waals surface area contributed by atoms with Crippen LogP contribution in [0.15, 0.2) is 18.2 Å². The average molecular weight is 233 g/mol. The van der Waals surface area contributed by atoms with Gasteiger partial charge >= 0.3 is 0 Å². The first-order chi connectivity index (χ1) is 8.34. The van der Waals surface area contributed by atoms with Crippen LogP contribution in [-0.2, 0) is 16.7 Å². The Morgan fingerprint density at radius 1 is 1.41 bits per heavy atom. The van der Waals surface area contributed by atoms with Crippen molar-refractivity contribution in [3.63, 3.8) is 0 Å². The van der Waals surface area contributed by atoms with E-state index in [0.29, 0.717) is 0 Å². The minimum atomic E-state index is 0.0537. The molecule has 92 valence electrons. The van der Waals surface area contributed by atoms with Gasteiger partial charge in [-0.1, -0.05) is 6.07 Å². The molecule has 1 aliphatic carbocycles. The van der Waals surface area contributed by atoms with E-state index < -0.39 is 0 Å². The Hall–Kier alpha value is -1.06.